The second kappa shape index (κ2) is 3.45. The summed E-state index contributed by atoms with van der Waals surface area (Å²) in [5, 5.41) is 3.94. The maximum Gasteiger partial charge on any atom is 0.345 e. The van der Waals surface area contributed by atoms with E-state index in [1.54, 1.807) is 13.2 Å². The summed E-state index contributed by atoms with van der Waals surface area (Å²) >= 11 is 0. The fourth-order valence-corrected chi connectivity index (χ4v) is 1.17. The van der Waals surface area contributed by atoms with Gasteiger partial charge in [-0.05, 0) is 12.1 Å². The topological polar surface area (TPSA) is 52.7 Å². The van der Waals surface area contributed by atoms with Gasteiger partial charge in [0, 0.05) is 13.2 Å². The molecule has 0 N–H and O–H groups in total. The Morgan fingerprint density at radius 3 is 2.86 bits per heavy atom. The highest BCUT2D eigenvalue weighted by molar-refractivity contribution is 5.03. The van der Waals surface area contributed by atoms with Gasteiger partial charge in [0.05, 0.1) is 12.2 Å². The number of hydrogen-bond donors (Lipinski definition) is 0. The monoisotopic (exact) mass is 190 g/mol. The van der Waals surface area contributed by atoms with E-state index < -0.39 is 0 Å². The third-order valence-electron chi connectivity index (χ3n) is 1.92. The molecule has 0 fully saturated rings. The lowest BCUT2D eigenvalue weighted by molar-refractivity contribution is 0.635. The van der Waals surface area contributed by atoms with Crippen LogP contribution in [0.15, 0.2) is 35.5 Å². The first-order chi connectivity index (χ1) is 6.77. The maximum atomic E-state index is 11.4. The Balaban J connectivity index is 2.28. The van der Waals surface area contributed by atoms with Crippen molar-refractivity contribution < 1.29 is 0 Å². The molecule has 14 heavy (non-hydrogen) atoms. The van der Waals surface area contributed by atoms with E-state index in [0.717, 1.165) is 5.69 Å². The molecule has 2 aromatic rings. The van der Waals surface area contributed by atoms with E-state index in [4.69, 9.17) is 0 Å². The third kappa shape index (κ3) is 1.56. The van der Waals surface area contributed by atoms with E-state index in [0.29, 0.717) is 6.54 Å². The van der Waals surface area contributed by atoms with Crippen LogP contribution in [0.2, 0.25) is 0 Å². The molecule has 2 rings (SSSR count). The predicted molar refractivity (Wildman–Crippen MR) is 50.8 cm³/mol. The van der Waals surface area contributed by atoms with E-state index in [1.807, 2.05) is 18.2 Å². The van der Waals surface area contributed by atoms with Crippen LogP contribution < -0.4 is 5.69 Å². The molecule has 0 atom stereocenters. The summed E-state index contributed by atoms with van der Waals surface area (Å²) in [7, 11) is 1.67. The van der Waals surface area contributed by atoms with Crippen molar-refractivity contribution in [1.29, 1.82) is 0 Å². The molecule has 5 heteroatoms. The van der Waals surface area contributed by atoms with Crippen molar-refractivity contribution in [2.45, 2.75) is 6.54 Å². The molecule has 0 bridgehead atoms. The molecule has 0 aromatic carbocycles. The van der Waals surface area contributed by atoms with E-state index in [1.165, 1.54) is 15.6 Å². The smallest absolute Gasteiger partial charge is 0.285 e. The fourth-order valence-electron chi connectivity index (χ4n) is 1.17. The Morgan fingerprint density at radius 1 is 1.43 bits per heavy atom. The van der Waals surface area contributed by atoms with E-state index in [-0.39, 0.29) is 5.69 Å². The summed E-state index contributed by atoms with van der Waals surface area (Å²) in [6.07, 6.45) is 3.19. The molecule has 0 saturated heterocycles. The van der Waals surface area contributed by atoms with Gasteiger partial charge in [-0.3, -0.25) is 9.55 Å². The van der Waals surface area contributed by atoms with Crippen LogP contribution >= 0.6 is 0 Å². The van der Waals surface area contributed by atoms with E-state index in [9.17, 15) is 4.79 Å². The summed E-state index contributed by atoms with van der Waals surface area (Å²) in [5.41, 5.74) is 0.698. The Kier molecular flexibility index (Phi) is 2.14. The van der Waals surface area contributed by atoms with Gasteiger partial charge in [-0.2, -0.15) is 5.10 Å². The minimum atomic E-state index is -0.129. The number of pyridine rings is 1. The zero-order valence-electron chi connectivity index (χ0n) is 7.79. The van der Waals surface area contributed by atoms with Crippen molar-refractivity contribution in [1.82, 2.24) is 19.3 Å². The predicted octanol–water partition coefficient (Wildman–Crippen LogP) is 0.0251. The summed E-state index contributed by atoms with van der Waals surface area (Å²) in [5.74, 6) is 0. The highest BCUT2D eigenvalue weighted by Crippen LogP contribution is 1.93. The summed E-state index contributed by atoms with van der Waals surface area (Å²) in [6.45, 7) is 0.417. The molecule has 72 valence electrons. The van der Waals surface area contributed by atoms with Crippen LogP contribution in [0, 0.1) is 0 Å². The molecule has 0 aliphatic rings. The Hall–Kier alpha value is -1.91. The average Bonchev–Trinajstić information content (AvgIpc) is 2.52. The molecule has 0 radical (unpaired) electrons. The minimum Gasteiger partial charge on any atom is -0.285 e. The number of hydrogen-bond acceptors (Lipinski definition) is 3. The average molecular weight is 190 g/mol. The molecule has 0 aliphatic heterocycles. The van der Waals surface area contributed by atoms with Crippen LogP contribution in [0.3, 0.4) is 0 Å². The Bertz CT molecular complexity index is 471. The number of rotatable bonds is 2. The van der Waals surface area contributed by atoms with Gasteiger partial charge >= 0.3 is 5.69 Å². The summed E-state index contributed by atoms with van der Waals surface area (Å²) < 4.78 is 2.81. The molecule has 0 saturated carbocycles. The first-order valence-corrected chi connectivity index (χ1v) is 4.26. The van der Waals surface area contributed by atoms with Gasteiger partial charge in [0.2, 0.25) is 0 Å². The molecule has 2 heterocycles. The molecular formula is C9H10N4O. The number of aromatic nitrogens is 4. The van der Waals surface area contributed by atoms with Crippen LogP contribution in [-0.4, -0.2) is 19.3 Å². The van der Waals surface area contributed by atoms with Crippen molar-refractivity contribution in [2.24, 2.45) is 7.05 Å². The molecular weight excluding hydrogens is 180 g/mol. The quantitative estimate of drug-likeness (QED) is 0.671. The second-order valence-electron chi connectivity index (χ2n) is 3.00. The number of nitrogens with zero attached hydrogens (tertiary/aromatic N) is 4. The number of aryl methyl sites for hydroxylation is 1. The fraction of sp³-hybridized carbons (Fsp3) is 0.222. The second-order valence-corrected chi connectivity index (χ2v) is 3.00. The molecule has 0 unspecified atom stereocenters. The van der Waals surface area contributed by atoms with Crippen molar-refractivity contribution in [2.75, 3.05) is 0 Å². The van der Waals surface area contributed by atoms with Crippen molar-refractivity contribution in [3.63, 3.8) is 0 Å². The minimum absolute atomic E-state index is 0.129. The summed E-state index contributed by atoms with van der Waals surface area (Å²) in [6, 6.07) is 5.59. The normalized spacial score (nSPS) is 10.4. The first kappa shape index (κ1) is 8.68. The van der Waals surface area contributed by atoms with Crippen LogP contribution in [0.4, 0.5) is 0 Å². The van der Waals surface area contributed by atoms with Gasteiger partial charge in [0.25, 0.3) is 0 Å². The molecule has 0 aliphatic carbocycles. The molecule has 0 amide bonds. The van der Waals surface area contributed by atoms with Gasteiger partial charge in [0.1, 0.15) is 6.33 Å². The zero-order chi connectivity index (χ0) is 9.97. The van der Waals surface area contributed by atoms with Crippen molar-refractivity contribution in [3.8, 4) is 0 Å². The summed E-state index contributed by atoms with van der Waals surface area (Å²) in [4.78, 5) is 15.5. The van der Waals surface area contributed by atoms with E-state index in [2.05, 4.69) is 10.1 Å². The van der Waals surface area contributed by atoms with Crippen molar-refractivity contribution in [3.05, 3.63) is 46.9 Å². The SMILES string of the molecule is Cn1cnn(Cc2ccccn2)c1=O. The Labute approximate surface area is 80.6 Å². The molecule has 5 nitrogen and oxygen atoms in total. The van der Waals surface area contributed by atoms with Gasteiger partial charge in [-0.25, -0.2) is 9.48 Å². The highest BCUT2D eigenvalue weighted by atomic mass is 16.2. The maximum absolute atomic E-state index is 11.4. The lowest BCUT2D eigenvalue weighted by Gasteiger charge is -1.97. The highest BCUT2D eigenvalue weighted by Gasteiger charge is 2.02. The zero-order valence-corrected chi connectivity index (χ0v) is 7.79. The van der Waals surface area contributed by atoms with Gasteiger partial charge < -0.3 is 0 Å². The van der Waals surface area contributed by atoms with Crippen LogP contribution in [0.25, 0.3) is 0 Å². The van der Waals surface area contributed by atoms with Crippen LogP contribution in [0.1, 0.15) is 5.69 Å². The van der Waals surface area contributed by atoms with Crippen LogP contribution in [0.5, 0.6) is 0 Å². The lowest BCUT2D eigenvalue weighted by Crippen LogP contribution is -2.23. The van der Waals surface area contributed by atoms with Gasteiger partial charge in [-0.15, -0.1) is 0 Å². The van der Waals surface area contributed by atoms with Crippen molar-refractivity contribution >= 4 is 0 Å². The Morgan fingerprint density at radius 2 is 2.29 bits per heavy atom. The molecule has 2 aromatic heterocycles. The van der Waals surface area contributed by atoms with Crippen LogP contribution in [-0.2, 0) is 13.6 Å². The first-order valence-electron chi connectivity index (χ1n) is 4.26. The van der Waals surface area contributed by atoms with E-state index >= 15 is 0 Å². The largest absolute Gasteiger partial charge is 0.345 e. The van der Waals surface area contributed by atoms with Gasteiger partial charge in [-0.1, -0.05) is 6.07 Å². The van der Waals surface area contributed by atoms with Gasteiger partial charge in [0.15, 0.2) is 0 Å². The standard InChI is InChI=1S/C9H10N4O/c1-12-7-11-13(9(12)14)6-8-4-2-3-5-10-8/h2-5,7H,6H2,1H3. The third-order valence-corrected chi connectivity index (χ3v) is 1.92. The molecule has 0 spiro atoms. The lowest BCUT2D eigenvalue weighted by atomic mass is 10.3.